The fraction of sp³-hybridized carbons (Fsp3) is 0.345. The molecule has 2 aromatic carbocycles. The molecule has 3 heterocycles. The summed E-state index contributed by atoms with van der Waals surface area (Å²) in [7, 11) is 0. The predicted molar refractivity (Wildman–Crippen MR) is 147 cm³/mol. The number of rotatable bonds is 7. The molecule has 8 nitrogen and oxygen atoms in total. The second-order valence-electron chi connectivity index (χ2n) is 9.68. The van der Waals surface area contributed by atoms with Gasteiger partial charge in [-0.15, -0.1) is 11.3 Å². The number of carbonyl (C=O) groups is 3. The molecule has 2 aliphatic heterocycles. The molecule has 2 saturated heterocycles. The van der Waals surface area contributed by atoms with Crippen LogP contribution in [0.1, 0.15) is 39.4 Å². The van der Waals surface area contributed by atoms with Gasteiger partial charge in [0, 0.05) is 31.9 Å². The van der Waals surface area contributed by atoms with Crippen molar-refractivity contribution in [3.05, 3.63) is 87.6 Å². The number of hydrogen-bond acceptors (Lipinski definition) is 6. The van der Waals surface area contributed by atoms with Gasteiger partial charge in [0.15, 0.2) is 12.1 Å². The first-order valence-electron chi connectivity index (χ1n) is 12.9. The van der Waals surface area contributed by atoms with Gasteiger partial charge in [0.25, 0.3) is 5.91 Å². The van der Waals surface area contributed by atoms with E-state index >= 15 is 0 Å². The maximum Gasteiger partial charge on any atom is 0.411 e. The Balaban J connectivity index is 1.39. The van der Waals surface area contributed by atoms with Crippen LogP contribution < -0.4 is 5.32 Å². The average molecular weight is 533 g/mol. The van der Waals surface area contributed by atoms with Gasteiger partial charge in [-0.1, -0.05) is 55.0 Å². The number of benzene rings is 2. The van der Waals surface area contributed by atoms with Crippen LogP contribution >= 0.6 is 11.3 Å². The van der Waals surface area contributed by atoms with Crippen molar-refractivity contribution in [1.82, 2.24) is 14.7 Å². The van der Waals surface area contributed by atoms with E-state index in [4.69, 9.17) is 4.74 Å². The molecular formula is C29H32N4O4S. The smallest absolute Gasteiger partial charge is 0.411 e. The summed E-state index contributed by atoms with van der Waals surface area (Å²) in [5.74, 6) is -0.275. The molecule has 198 valence electrons. The number of nitrogens with one attached hydrogen (secondary N) is 1. The van der Waals surface area contributed by atoms with Crippen molar-refractivity contribution in [1.29, 1.82) is 0 Å². The summed E-state index contributed by atoms with van der Waals surface area (Å²) in [5, 5.41) is 4.74. The largest absolute Gasteiger partial charge is 0.438 e. The Hall–Kier alpha value is -3.69. The molecule has 2 fully saturated rings. The van der Waals surface area contributed by atoms with Crippen LogP contribution in [0.15, 0.2) is 66.0 Å². The average Bonchev–Trinajstić information content (AvgIpc) is 3.58. The molecule has 0 spiro atoms. The van der Waals surface area contributed by atoms with Crippen LogP contribution in [0.4, 0.5) is 10.5 Å². The van der Waals surface area contributed by atoms with E-state index in [-0.39, 0.29) is 18.4 Å². The number of ether oxygens (including phenoxy) is 1. The van der Waals surface area contributed by atoms with E-state index in [1.165, 1.54) is 11.3 Å². The molecular weight excluding hydrogens is 500 g/mol. The Kier molecular flexibility index (Phi) is 7.76. The number of carbonyl (C=O) groups excluding carboxylic acids is 3. The number of nitrogens with zero attached hydrogens (tertiary/aromatic N) is 3. The second-order valence-corrected chi connectivity index (χ2v) is 10.6. The lowest BCUT2D eigenvalue weighted by atomic mass is 9.99. The van der Waals surface area contributed by atoms with Crippen molar-refractivity contribution in [3.8, 4) is 0 Å². The van der Waals surface area contributed by atoms with Gasteiger partial charge in [-0.2, -0.15) is 0 Å². The van der Waals surface area contributed by atoms with Crippen LogP contribution in [0, 0.1) is 6.92 Å². The molecule has 3 aromatic rings. The molecule has 9 heteroatoms. The summed E-state index contributed by atoms with van der Waals surface area (Å²) in [6, 6.07) is 17.9. The maximum atomic E-state index is 13.9. The number of thiophene rings is 1. The summed E-state index contributed by atoms with van der Waals surface area (Å²) in [6.07, 6.45) is -1.25. The van der Waals surface area contributed by atoms with E-state index in [0.717, 1.165) is 30.8 Å². The first kappa shape index (κ1) is 25.9. The Bertz CT molecular complexity index is 1290. The van der Waals surface area contributed by atoms with Crippen molar-refractivity contribution >= 4 is 34.9 Å². The van der Waals surface area contributed by atoms with Crippen molar-refractivity contribution in [2.75, 3.05) is 38.0 Å². The molecule has 2 atom stereocenters. The lowest BCUT2D eigenvalue weighted by Crippen LogP contribution is -2.54. The van der Waals surface area contributed by atoms with Gasteiger partial charge in [0.05, 0.1) is 11.4 Å². The van der Waals surface area contributed by atoms with Gasteiger partial charge in [-0.25, -0.2) is 4.79 Å². The third-order valence-corrected chi connectivity index (χ3v) is 8.02. The molecule has 1 N–H and O–H groups in total. The van der Waals surface area contributed by atoms with Crippen molar-refractivity contribution < 1.29 is 19.1 Å². The van der Waals surface area contributed by atoms with Crippen LogP contribution in [-0.4, -0.2) is 71.4 Å². The highest BCUT2D eigenvalue weighted by molar-refractivity contribution is 7.12. The first-order chi connectivity index (χ1) is 18.4. The second kappa shape index (κ2) is 11.4. The highest BCUT2D eigenvalue weighted by Crippen LogP contribution is 2.36. The van der Waals surface area contributed by atoms with Gasteiger partial charge in [-0.05, 0) is 48.2 Å². The van der Waals surface area contributed by atoms with Crippen LogP contribution in [0.25, 0.3) is 0 Å². The van der Waals surface area contributed by atoms with E-state index in [9.17, 15) is 14.4 Å². The zero-order valence-electron chi connectivity index (χ0n) is 21.6. The van der Waals surface area contributed by atoms with Gasteiger partial charge in [-0.3, -0.25) is 14.5 Å². The Morgan fingerprint density at radius 3 is 2.45 bits per heavy atom. The number of piperazine rings is 1. The topological polar surface area (TPSA) is 82.2 Å². The number of hydrogen-bond donors (Lipinski definition) is 1. The summed E-state index contributed by atoms with van der Waals surface area (Å²) < 4.78 is 5.85. The lowest BCUT2D eigenvalue weighted by molar-refractivity contribution is -0.138. The van der Waals surface area contributed by atoms with Gasteiger partial charge in [0.1, 0.15) is 0 Å². The zero-order chi connectivity index (χ0) is 26.6. The van der Waals surface area contributed by atoms with Crippen molar-refractivity contribution in [2.24, 2.45) is 0 Å². The molecule has 2 aliphatic rings. The van der Waals surface area contributed by atoms with Crippen LogP contribution in [0.2, 0.25) is 0 Å². The first-order valence-corrected chi connectivity index (χ1v) is 13.8. The fourth-order valence-electron chi connectivity index (χ4n) is 5.03. The fourth-order valence-corrected chi connectivity index (χ4v) is 5.65. The number of likely N-dealkylation sites (N-methyl/N-ethyl adjacent to an activating group) is 1. The van der Waals surface area contributed by atoms with Gasteiger partial charge >= 0.3 is 6.09 Å². The molecule has 1 aromatic heterocycles. The standard InChI is InChI=1S/C29H32N4O4S/c1-3-31-13-15-32(16-14-31)28(35)25-26(37-29(36)33(25)19-21-7-4-6-20(2)18-21)22-9-11-23(12-10-22)30-27(34)24-8-5-17-38-24/h4-12,17-18,25-26H,3,13-16,19H2,1-2H3,(H,30,34). The van der Waals surface area contributed by atoms with E-state index < -0.39 is 18.2 Å². The highest BCUT2D eigenvalue weighted by Gasteiger charge is 2.48. The SMILES string of the molecule is CCN1CCN(C(=O)C2C(c3ccc(NC(=O)c4cccs4)cc3)OC(=O)N2Cc2cccc(C)c2)CC1. The monoisotopic (exact) mass is 532 g/mol. The minimum absolute atomic E-state index is 0.0978. The number of anilines is 1. The Morgan fingerprint density at radius 2 is 1.79 bits per heavy atom. The lowest BCUT2D eigenvalue weighted by Gasteiger charge is -2.37. The molecule has 0 radical (unpaired) electrons. The minimum Gasteiger partial charge on any atom is -0.438 e. The molecule has 2 unspecified atom stereocenters. The quantitative estimate of drug-likeness (QED) is 0.483. The summed E-state index contributed by atoms with van der Waals surface area (Å²) in [4.78, 5) is 45.8. The molecule has 0 aliphatic carbocycles. The Labute approximate surface area is 226 Å². The van der Waals surface area contributed by atoms with E-state index in [0.29, 0.717) is 29.2 Å². The van der Waals surface area contributed by atoms with Crippen LogP contribution in [-0.2, 0) is 16.1 Å². The zero-order valence-corrected chi connectivity index (χ0v) is 22.4. The van der Waals surface area contributed by atoms with Crippen molar-refractivity contribution in [3.63, 3.8) is 0 Å². The van der Waals surface area contributed by atoms with E-state index in [1.807, 2.05) is 59.7 Å². The van der Waals surface area contributed by atoms with E-state index in [1.54, 1.807) is 23.1 Å². The Morgan fingerprint density at radius 1 is 1.03 bits per heavy atom. The molecule has 0 bridgehead atoms. The third kappa shape index (κ3) is 5.58. The predicted octanol–water partition coefficient (Wildman–Crippen LogP) is 4.54. The van der Waals surface area contributed by atoms with Gasteiger partial charge in [0.2, 0.25) is 5.91 Å². The molecule has 38 heavy (non-hydrogen) atoms. The van der Waals surface area contributed by atoms with Crippen molar-refractivity contribution in [2.45, 2.75) is 32.5 Å². The maximum absolute atomic E-state index is 13.9. The molecule has 3 amide bonds. The third-order valence-electron chi connectivity index (χ3n) is 7.15. The minimum atomic E-state index is -0.775. The summed E-state index contributed by atoms with van der Waals surface area (Å²) in [5.41, 5.74) is 3.38. The van der Waals surface area contributed by atoms with Gasteiger partial charge < -0.3 is 19.9 Å². The van der Waals surface area contributed by atoms with Crippen LogP contribution in [0.5, 0.6) is 0 Å². The van der Waals surface area contributed by atoms with Crippen LogP contribution in [0.3, 0.4) is 0 Å². The highest BCUT2D eigenvalue weighted by atomic mass is 32.1. The number of cyclic esters (lactones) is 1. The molecule has 0 saturated carbocycles. The normalized spacial score (nSPS) is 19.9. The summed E-state index contributed by atoms with van der Waals surface area (Å²) in [6.45, 7) is 8.22. The molecule has 5 rings (SSSR count). The number of aryl methyl sites for hydroxylation is 1. The number of amides is 3. The summed E-state index contributed by atoms with van der Waals surface area (Å²) >= 11 is 1.37. The van der Waals surface area contributed by atoms with E-state index in [2.05, 4.69) is 17.1 Å².